The molecule has 0 aliphatic carbocycles. The first-order valence-corrected chi connectivity index (χ1v) is 5.63. The van der Waals surface area contributed by atoms with Crippen molar-refractivity contribution in [3.8, 4) is 0 Å². The average Bonchev–Trinajstić information content (AvgIpc) is 2.47. The SMILES string of the molecule is OC(c1cncnc1)c1ccnc2ccccc12. The minimum Gasteiger partial charge on any atom is -0.384 e. The third-order valence-corrected chi connectivity index (χ3v) is 2.87. The fraction of sp³-hybridized carbons (Fsp3) is 0.0714. The fourth-order valence-electron chi connectivity index (χ4n) is 1.99. The standard InChI is InChI=1S/C14H11N3O/c18-14(10-7-15-9-16-8-10)12-5-6-17-13-4-2-1-3-11(12)13/h1-9,14,18H. The molecule has 0 aliphatic heterocycles. The van der Waals surface area contributed by atoms with Crippen LogP contribution in [0.5, 0.6) is 0 Å². The van der Waals surface area contributed by atoms with Gasteiger partial charge in [-0.2, -0.15) is 0 Å². The average molecular weight is 237 g/mol. The van der Waals surface area contributed by atoms with Gasteiger partial charge in [0.05, 0.1) is 5.52 Å². The summed E-state index contributed by atoms with van der Waals surface area (Å²) in [6.07, 6.45) is 5.64. The first-order chi connectivity index (χ1) is 8.86. The normalized spacial score (nSPS) is 12.5. The number of nitrogens with zero attached hydrogens (tertiary/aromatic N) is 3. The Morgan fingerprint density at radius 1 is 1.00 bits per heavy atom. The van der Waals surface area contributed by atoms with Gasteiger partial charge in [0.1, 0.15) is 12.4 Å². The molecule has 0 spiro atoms. The van der Waals surface area contributed by atoms with E-state index in [1.807, 2.05) is 30.3 Å². The summed E-state index contributed by atoms with van der Waals surface area (Å²) in [6.45, 7) is 0. The number of hydrogen-bond acceptors (Lipinski definition) is 4. The van der Waals surface area contributed by atoms with Crippen LogP contribution in [0.3, 0.4) is 0 Å². The molecule has 2 heterocycles. The van der Waals surface area contributed by atoms with Gasteiger partial charge < -0.3 is 5.11 Å². The smallest absolute Gasteiger partial charge is 0.115 e. The van der Waals surface area contributed by atoms with E-state index in [2.05, 4.69) is 15.0 Å². The number of aliphatic hydroxyl groups excluding tert-OH is 1. The maximum atomic E-state index is 10.4. The second-order valence-electron chi connectivity index (χ2n) is 3.99. The molecule has 0 saturated heterocycles. The molecular weight excluding hydrogens is 226 g/mol. The molecule has 0 radical (unpaired) electrons. The summed E-state index contributed by atoms with van der Waals surface area (Å²) in [5.74, 6) is 0. The summed E-state index contributed by atoms with van der Waals surface area (Å²) in [5, 5.41) is 11.3. The topological polar surface area (TPSA) is 58.9 Å². The molecule has 0 aliphatic rings. The molecule has 1 N–H and O–H groups in total. The summed E-state index contributed by atoms with van der Waals surface area (Å²) in [5.41, 5.74) is 2.36. The Kier molecular flexibility index (Phi) is 2.70. The number of fused-ring (bicyclic) bond motifs is 1. The van der Waals surface area contributed by atoms with Crippen LogP contribution in [0.15, 0.2) is 55.2 Å². The van der Waals surface area contributed by atoms with E-state index in [-0.39, 0.29) is 0 Å². The summed E-state index contributed by atoms with van der Waals surface area (Å²) >= 11 is 0. The van der Waals surface area contributed by atoms with Gasteiger partial charge in [-0.3, -0.25) is 4.98 Å². The van der Waals surface area contributed by atoms with Gasteiger partial charge in [0.25, 0.3) is 0 Å². The number of aliphatic hydroxyl groups is 1. The molecule has 3 aromatic rings. The van der Waals surface area contributed by atoms with Gasteiger partial charge in [-0.15, -0.1) is 0 Å². The quantitative estimate of drug-likeness (QED) is 0.741. The van der Waals surface area contributed by atoms with Crippen molar-refractivity contribution in [3.05, 3.63) is 66.4 Å². The van der Waals surface area contributed by atoms with E-state index in [4.69, 9.17) is 0 Å². The number of para-hydroxylation sites is 1. The first-order valence-electron chi connectivity index (χ1n) is 5.63. The van der Waals surface area contributed by atoms with E-state index >= 15 is 0 Å². The van der Waals surface area contributed by atoms with Crippen LogP contribution >= 0.6 is 0 Å². The Balaban J connectivity index is 2.15. The van der Waals surface area contributed by atoms with Crippen molar-refractivity contribution in [2.45, 2.75) is 6.10 Å². The highest BCUT2D eigenvalue weighted by molar-refractivity contribution is 5.82. The van der Waals surface area contributed by atoms with E-state index < -0.39 is 6.10 Å². The van der Waals surface area contributed by atoms with Crippen molar-refractivity contribution in [2.75, 3.05) is 0 Å². The minimum absolute atomic E-state index is 0.675. The number of hydrogen-bond donors (Lipinski definition) is 1. The Bertz CT molecular complexity index is 665. The number of aromatic nitrogens is 3. The highest BCUT2D eigenvalue weighted by atomic mass is 16.3. The van der Waals surface area contributed by atoms with Gasteiger partial charge in [-0.1, -0.05) is 18.2 Å². The molecule has 0 fully saturated rings. The molecule has 1 atom stereocenters. The molecule has 3 rings (SSSR count). The van der Waals surface area contributed by atoms with Crippen molar-refractivity contribution < 1.29 is 5.11 Å². The molecule has 88 valence electrons. The molecule has 0 saturated carbocycles. The van der Waals surface area contributed by atoms with Crippen LogP contribution in [-0.2, 0) is 0 Å². The highest BCUT2D eigenvalue weighted by Gasteiger charge is 2.13. The fourth-order valence-corrected chi connectivity index (χ4v) is 1.99. The maximum Gasteiger partial charge on any atom is 0.115 e. The lowest BCUT2D eigenvalue weighted by atomic mass is 10.0. The maximum absolute atomic E-state index is 10.4. The van der Waals surface area contributed by atoms with E-state index in [1.54, 1.807) is 18.6 Å². The lowest BCUT2D eigenvalue weighted by molar-refractivity contribution is 0.221. The van der Waals surface area contributed by atoms with Crippen LogP contribution in [0.1, 0.15) is 17.2 Å². The molecular formula is C14H11N3O. The molecule has 4 nitrogen and oxygen atoms in total. The van der Waals surface area contributed by atoms with E-state index in [0.717, 1.165) is 16.5 Å². The van der Waals surface area contributed by atoms with Crippen LogP contribution in [-0.4, -0.2) is 20.1 Å². The Morgan fingerprint density at radius 3 is 2.61 bits per heavy atom. The number of rotatable bonds is 2. The van der Waals surface area contributed by atoms with Crippen LogP contribution in [0.2, 0.25) is 0 Å². The third-order valence-electron chi connectivity index (χ3n) is 2.87. The van der Waals surface area contributed by atoms with Gasteiger partial charge in [0, 0.05) is 29.5 Å². The second kappa shape index (κ2) is 4.50. The Labute approximate surface area is 104 Å². The van der Waals surface area contributed by atoms with Gasteiger partial charge in [-0.25, -0.2) is 9.97 Å². The van der Waals surface area contributed by atoms with E-state index in [1.165, 1.54) is 6.33 Å². The largest absolute Gasteiger partial charge is 0.384 e. The van der Waals surface area contributed by atoms with Crippen LogP contribution in [0.25, 0.3) is 10.9 Å². The molecule has 2 aromatic heterocycles. The minimum atomic E-state index is -0.737. The van der Waals surface area contributed by atoms with Crippen molar-refractivity contribution in [1.82, 2.24) is 15.0 Å². The van der Waals surface area contributed by atoms with Crippen LogP contribution < -0.4 is 0 Å². The Hall–Kier alpha value is -2.33. The van der Waals surface area contributed by atoms with Crippen LogP contribution in [0, 0.1) is 0 Å². The summed E-state index contributed by atoms with van der Waals surface area (Å²) in [6, 6.07) is 9.55. The number of benzene rings is 1. The molecule has 4 heteroatoms. The predicted molar refractivity (Wildman–Crippen MR) is 67.8 cm³/mol. The summed E-state index contributed by atoms with van der Waals surface area (Å²) in [4.78, 5) is 12.1. The van der Waals surface area contributed by atoms with Crippen molar-refractivity contribution in [3.63, 3.8) is 0 Å². The van der Waals surface area contributed by atoms with Crippen molar-refractivity contribution in [2.24, 2.45) is 0 Å². The predicted octanol–water partition coefficient (Wildman–Crippen LogP) is 2.11. The van der Waals surface area contributed by atoms with Crippen molar-refractivity contribution in [1.29, 1.82) is 0 Å². The highest BCUT2D eigenvalue weighted by Crippen LogP contribution is 2.26. The number of pyridine rings is 1. The van der Waals surface area contributed by atoms with Gasteiger partial charge >= 0.3 is 0 Å². The van der Waals surface area contributed by atoms with Gasteiger partial charge in [-0.05, 0) is 17.7 Å². The van der Waals surface area contributed by atoms with E-state index in [0.29, 0.717) is 5.56 Å². The van der Waals surface area contributed by atoms with Gasteiger partial charge in [0.15, 0.2) is 0 Å². The molecule has 0 bridgehead atoms. The Morgan fingerprint density at radius 2 is 1.78 bits per heavy atom. The zero-order valence-corrected chi connectivity index (χ0v) is 9.56. The zero-order valence-electron chi connectivity index (χ0n) is 9.56. The first kappa shape index (κ1) is 10.8. The third kappa shape index (κ3) is 1.83. The summed E-state index contributed by atoms with van der Waals surface area (Å²) < 4.78 is 0. The summed E-state index contributed by atoms with van der Waals surface area (Å²) in [7, 11) is 0. The van der Waals surface area contributed by atoms with Crippen LogP contribution in [0.4, 0.5) is 0 Å². The lowest BCUT2D eigenvalue weighted by Crippen LogP contribution is -2.02. The lowest BCUT2D eigenvalue weighted by Gasteiger charge is -2.12. The second-order valence-corrected chi connectivity index (χ2v) is 3.99. The van der Waals surface area contributed by atoms with Crippen molar-refractivity contribution >= 4 is 10.9 Å². The molecule has 18 heavy (non-hydrogen) atoms. The zero-order chi connectivity index (χ0) is 12.4. The van der Waals surface area contributed by atoms with E-state index in [9.17, 15) is 5.11 Å². The molecule has 0 amide bonds. The van der Waals surface area contributed by atoms with Gasteiger partial charge in [0.2, 0.25) is 0 Å². The molecule has 1 aromatic carbocycles. The monoisotopic (exact) mass is 237 g/mol. The molecule has 1 unspecified atom stereocenters.